The lowest BCUT2D eigenvalue weighted by atomic mass is 10.1. The first-order valence-corrected chi connectivity index (χ1v) is 12.1. The summed E-state index contributed by atoms with van der Waals surface area (Å²) < 4.78 is 23.4. The summed E-state index contributed by atoms with van der Waals surface area (Å²) in [7, 11) is -3.86. The molecule has 32 heavy (non-hydrogen) atoms. The minimum Gasteiger partial charge on any atom is -0.378 e. The number of nitrogens with one attached hydrogen (secondary N) is 1. The average Bonchev–Trinajstić information content (AvgIpc) is 3.16. The highest BCUT2D eigenvalue weighted by molar-refractivity contribution is 9.10. The number of halogens is 1. The zero-order valence-corrected chi connectivity index (χ0v) is 19.3. The van der Waals surface area contributed by atoms with Gasteiger partial charge in [0, 0.05) is 15.7 Å². The number of fused-ring (bicyclic) bond motifs is 1. The van der Waals surface area contributed by atoms with Crippen molar-refractivity contribution in [2.24, 2.45) is 15.9 Å². The molecule has 0 fully saturated rings. The van der Waals surface area contributed by atoms with Crippen molar-refractivity contribution in [3.8, 4) is 0 Å². The standard InChI is InChI=1S/C19H14BrN5O5S2/c20-9-1-6-13-12(7-9)15(16-17(27)24-19(21)31-16)18(28)25(13)8-14(26)23-10-2-4-11(5-3-10)32(22,29)30/h1-7H,8H2,(H,23,26)(H2,21,24,27)(H2,22,29,30)/b16-15+. The van der Waals surface area contributed by atoms with Crippen LogP contribution in [0.25, 0.3) is 5.57 Å². The van der Waals surface area contributed by atoms with Crippen LogP contribution >= 0.6 is 27.7 Å². The molecular weight excluding hydrogens is 522 g/mol. The lowest BCUT2D eigenvalue weighted by Gasteiger charge is -2.17. The van der Waals surface area contributed by atoms with Gasteiger partial charge in [-0.25, -0.2) is 13.6 Å². The molecule has 2 aromatic carbocycles. The Morgan fingerprint density at radius 2 is 1.84 bits per heavy atom. The number of benzene rings is 2. The number of amidine groups is 1. The molecule has 10 nitrogen and oxygen atoms in total. The molecule has 2 aliphatic rings. The van der Waals surface area contributed by atoms with Crippen molar-refractivity contribution in [1.82, 2.24) is 0 Å². The minimum atomic E-state index is -3.86. The van der Waals surface area contributed by atoms with Gasteiger partial charge in [0.2, 0.25) is 15.9 Å². The van der Waals surface area contributed by atoms with E-state index < -0.39 is 27.7 Å². The van der Waals surface area contributed by atoms with E-state index in [2.05, 4.69) is 26.2 Å². The molecule has 4 rings (SSSR count). The SMILES string of the molecule is NC1=NC(=O)/C(=C2\C(=O)N(CC(=O)Nc3ccc(S(N)(=O)=O)cc3)c3ccc(Br)cc32)S1. The predicted octanol–water partition coefficient (Wildman–Crippen LogP) is 1.38. The van der Waals surface area contributed by atoms with E-state index in [-0.39, 0.29) is 27.1 Å². The molecule has 0 unspecified atom stereocenters. The maximum atomic E-state index is 13.2. The van der Waals surface area contributed by atoms with Crippen LogP contribution in [0.15, 0.2) is 61.7 Å². The number of anilines is 2. The highest BCUT2D eigenvalue weighted by Crippen LogP contribution is 2.43. The van der Waals surface area contributed by atoms with Gasteiger partial charge in [-0.2, -0.15) is 4.99 Å². The number of hydrogen-bond donors (Lipinski definition) is 3. The summed E-state index contributed by atoms with van der Waals surface area (Å²) in [6.45, 7) is -0.337. The smallest absolute Gasteiger partial charge is 0.287 e. The van der Waals surface area contributed by atoms with Crippen LogP contribution in [-0.4, -0.2) is 37.9 Å². The van der Waals surface area contributed by atoms with Crippen molar-refractivity contribution in [1.29, 1.82) is 0 Å². The van der Waals surface area contributed by atoms with Crippen LogP contribution < -0.4 is 21.1 Å². The van der Waals surface area contributed by atoms with Gasteiger partial charge in [0.15, 0.2) is 5.17 Å². The number of carbonyl (C=O) groups excluding carboxylic acids is 3. The molecule has 13 heteroatoms. The molecule has 2 aliphatic heterocycles. The maximum Gasteiger partial charge on any atom is 0.287 e. The van der Waals surface area contributed by atoms with Crippen LogP contribution in [0, 0.1) is 0 Å². The summed E-state index contributed by atoms with van der Waals surface area (Å²) >= 11 is 4.26. The van der Waals surface area contributed by atoms with Gasteiger partial charge in [-0.05, 0) is 54.2 Å². The highest BCUT2D eigenvalue weighted by atomic mass is 79.9. The van der Waals surface area contributed by atoms with Gasteiger partial charge >= 0.3 is 0 Å². The van der Waals surface area contributed by atoms with E-state index >= 15 is 0 Å². The van der Waals surface area contributed by atoms with Crippen molar-refractivity contribution < 1.29 is 22.8 Å². The summed E-state index contributed by atoms with van der Waals surface area (Å²) in [6, 6.07) is 10.3. The first kappa shape index (κ1) is 22.2. The summed E-state index contributed by atoms with van der Waals surface area (Å²) in [5.74, 6) is -1.66. The van der Waals surface area contributed by atoms with E-state index in [0.29, 0.717) is 21.4 Å². The van der Waals surface area contributed by atoms with Gasteiger partial charge in [0.1, 0.15) is 6.54 Å². The Hall–Kier alpha value is -3.00. The van der Waals surface area contributed by atoms with Crippen molar-refractivity contribution >= 4 is 77.6 Å². The van der Waals surface area contributed by atoms with Gasteiger partial charge in [-0.15, -0.1) is 0 Å². The molecule has 164 valence electrons. The molecule has 5 N–H and O–H groups in total. The molecule has 0 radical (unpaired) electrons. The Balaban J connectivity index is 1.61. The number of amides is 3. The predicted molar refractivity (Wildman–Crippen MR) is 124 cm³/mol. The quantitative estimate of drug-likeness (QED) is 0.497. The Labute approximate surface area is 194 Å². The zero-order chi connectivity index (χ0) is 23.2. The maximum absolute atomic E-state index is 13.2. The Bertz CT molecular complexity index is 1350. The number of nitrogens with two attached hydrogens (primary N) is 2. The number of sulfonamides is 1. The Kier molecular flexibility index (Phi) is 5.67. The number of rotatable bonds is 4. The van der Waals surface area contributed by atoms with Gasteiger partial charge in [0.05, 0.1) is 21.1 Å². The van der Waals surface area contributed by atoms with Crippen LogP contribution in [0.2, 0.25) is 0 Å². The molecule has 0 aromatic heterocycles. The second-order valence-corrected chi connectivity index (χ2v) is 10.2. The normalized spacial score (nSPS) is 18.1. The molecular formula is C19H14BrN5O5S2. The third kappa shape index (κ3) is 4.19. The molecule has 0 saturated carbocycles. The topological polar surface area (TPSA) is 165 Å². The first-order valence-electron chi connectivity index (χ1n) is 8.90. The fourth-order valence-electron chi connectivity index (χ4n) is 3.23. The fourth-order valence-corrected chi connectivity index (χ4v) is 4.88. The minimum absolute atomic E-state index is 0.0426. The van der Waals surface area contributed by atoms with E-state index in [4.69, 9.17) is 10.9 Å². The van der Waals surface area contributed by atoms with Crippen molar-refractivity contribution in [2.75, 3.05) is 16.8 Å². The molecule has 0 aliphatic carbocycles. The van der Waals surface area contributed by atoms with E-state index in [0.717, 1.165) is 11.8 Å². The number of carbonyl (C=O) groups is 3. The first-order chi connectivity index (χ1) is 15.0. The van der Waals surface area contributed by atoms with Gasteiger partial charge in [0.25, 0.3) is 11.8 Å². The third-order valence-corrected chi connectivity index (χ3v) is 6.89. The van der Waals surface area contributed by atoms with E-state index in [9.17, 15) is 22.8 Å². The van der Waals surface area contributed by atoms with Crippen LogP contribution in [0.3, 0.4) is 0 Å². The van der Waals surface area contributed by atoms with Crippen molar-refractivity contribution in [2.45, 2.75) is 4.90 Å². The fraction of sp³-hybridized carbons (Fsp3) is 0.0526. The van der Waals surface area contributed by atoms with E-state index in [1.54, 1.807) is 18.2 Å². The van der Waals surface area contributed by atoms with Gasteiger partial charge in [-0.3, -0.25) is 19.3 Å². The second-order valence-electron chi connectivity index (χ2n) is 6.73. The molecule has 0 atom stereocenters. The number of thioether (sulfide) groups is 1. The molecule has 0 saturated heterocycles. The summed E-state index contributed by atoms with van der Waals surface area (Å²) in [4.78, 5) is 43.0. The summed E-state index contributed by atoms with van der Waals surface area (Å²) in [5, 5.41) is 7.71. The monoisotopic (exact) mass is 535 g/mol. The van der Waals surface area contributed by atoms with Crippen molar-refractivity contribution in [3.05, 3.63) is 57.4 Å². The van der Waals surface area contributed by atoms with Crippen LogP contribution in [0.1, 0.15) is 5.56 Å². The molecule has 2 heterocycles. The average molecular weight is 536 g/mol. The van der Waals surface area contributed by atoms with Gasteiger partial charge < -0.3 is 11.1 Å². The molecule has 2 aromatic rings. The Morgan fingerprint density at radius 3 is 2.44 bits per heavy atom. The molecule has 3 amide bonds. The number of aliphatic imine (C=N–C) groups is 1. The second kappa shape index (κ2) is 8.16. The summed E-state index contributed by atoms with van der Waals surface area (Å²) in [5.41, 5.74) is 7.03. The van der Waals surface area contributed by atoms with E-state index in [1.807, 2.05) is 0 Å². The van der Waals surface area contributed by atoms with E-state index in [1.165, 1.54) is 29.2 Å². The summed E-state index contributed by atoms with van der Waals surface area (Å²) in [6.07, 6.45) is 0. The largest absolute Gasteiger partial charge is 0.378 e. The van der Waals surface area contributed by atoms with Crippen LogP contribution in [0.4, 0.5) is 11.4 Å². The molecule has 0 bridgehead atoms. The number of hydrogen-bond acceptors (Lipinski definition) is 7. The lowest BCUT2D eigenvalue weighted by Crippen LogP contribution is -2.35. The zero-order valence-electron chi connectivity index (χ0n) is 16.0. The van der Waals surface area contributed by atoms with Crippen molar-refractivity contribution in [3.63, 3.8) is 0 Å². The number of primary sulfonamides is 1. The third-order valence-electron chi connectivity index (χ3n) is 4.59. The number of nitrogens with zero attached hydrogens (tertiary/aromatic N) is 2. The van der Waals surface area contributed by atoms with Crippen LogP contribution in [0.5, 0.6) is 0 Å². The highest BCUT2D eigenvalue weighted by Gasteiger charge is 2.39. The molecule has 0 spiro atoms. The lowest BCUT2D eigenvalue weighted by molar-refractivity contribution is -0.118. The van der Waals surface area contributed by atoms with Crippen LogP contribution in [-0.2, 0) is 24.4 Å². The Morgan fingerprint density at radius 1 is 1.16 bits per heavy atom. The van der Waals surface area contributed by atoms with Gasteiger partial charge in [-0.1, -0.05) is 15.9 Å².